The van der Waals surface area contributed by atoms with Crippen molar-refractivity contribution >= 4 is 23.2 Å². The van der Waals surface area contributed by atoms with Crippen LogP contribution in [0.1, 0.15) is 28.8 Å². The lowest BCUT2D eigenvalue weighted by Crippen LogP contribution is -2.66. The van der Waals surface area contributed by atoms with Gasteiger partial charge in [-0.15, -0.1) is 0 Å². The van der Waals surface area contributed by atoms with Crippen molar-refractivity contribution in [1.29, 1.82) is 0 Å². The monoisotopic (exact) mass is 471 g/mol. The molecule has 1 amide bonds. The minimum absolute atomic E-state index is 0.0338. The van der Waals surface area contributed by atoms with Gasteiger partial charge < -0.3 is 31.1 Å². The number of likely N-dealkylation sites (N-methyl/N-ethyl adjacent to an activating group) is 1. The number of carbonyl (C=O) groups is 3. The standard InChI is InChI=1S/C24H29N3O7/c1-9-10-6-7-12(26(2)3)19(29)14(10)18(28)11-8-24(34)16(20(30)13(9)11)17(27(4)5)21(31)15(22(24)32)23(25)33/h6-9,13,16-17,20,29-31,34H,1-5H3,(H2,25,33)/t9-,13?,16?,17-,20-,24+/m0/s1. The molecule has 3 aliphatic carbocycles. The quantitative estimate of drug-likeness (QED) is 0.377. The van der Waals surface area contributed by atoms with Crippen molar-refractivity contribution < 1.29 is 34.8 Å². The number of hydrogen-bond acceptors (Lipinski definition) is 9. The Morgan fingerprint density at radius 3 is 2.26 bits per heavy atom. The fourth-order valence-corrected chi connectivity index (χ4v) is 5.87. The molecule has 4 rings (SSSR count). The molecule has 0 aromatic heterocycles. The van der Waals surface area contributed by atoms with Gasteiger partial charge in [-0.2, -0.15) is 0 Å². The van der Waals surface area contributed by atoms with E-state index in [2.05, 4.69) is 0 Å². The SMILES string of the molecule is C[C@H]1c2ccc(N(C)C)c(O)c2C(=O)C2=C[C@]3(O)C(=O)C(C(N)=O)=C(O)[C@@H](N(C)C)C3[C@@H](O)C21. The number of amides is 1. The van der Waals surface area contributed by atoms with E-state index in [1.165, 1.54) is 4.90 Å². The van der Waals surface area contributed by atoms with Crippen molar-refractivity contribution in [3.63, 3.8) is 0 Å². The van der Waals surface area contributed by atoms with Crippen molar-refractivity contribution in [3.05, 3.63) is 46.2 Å². The smallest absolute Gasteiger partial charge is 0.255 e. The molecule has 0 saturated heterocycles. The summed E-state index contributed by atoms with van der Waals surface area (Å²) in [4.78, 5) is 42.0. The van der Waals surface area contributed by atoms with E-state index in [1.807, 2.05) is 0 Å². The number of hydrogen-bond donors (Lipinski definition) is 5. The Morgan fingerprint density at radius 2 is 1.74 bits per heavy atom. The van der Waals surface area contributed by atoms with Crippen LogP contribution >= 0.6 is 0 Å². The van der Waals surface area contributed by atoms with Gasteiger partial charge in [0.15, 0.2) is 11.4 Å². The molecule has 0 fully saturated rings. The predicted molar refractivity (Wildman–Crippen MR) is 123 cm³/mol. The minimum Gasteiger partial charge on any atom is -0.510 e. The first-order valence-electron chi connectivity index (χ1n) is 10.9. The Morgan fingerprint density at radius 1 is 1.12 bits per heavy atom. The van der Waals surface area contributed by atoms with E-state index in [0.717, 1.165) is 6.08 Å². The number of phenols is 1. The molecule has 0 aliphatic heterocycles. The summed E-state index contributed by atoms with van der Waals surface area (Å²) in [6.45, 7) is 1.78. The van der Waals surface area contributed by atoms with E-state index >= 15 is 0 Å². The van der Waals surface area contributed by atoms with Gasteiger partial charge in [-0.1, -0.05) is 13.0 Å². The summed E-state index contributed by atoms with van der Waals surface area (Å²) >= 11 is 0. The maximum Gasteiger partial charge on any atom is 0.255 e. The molecule has 6 N–H and O–H groups in total. The number of aliphatic hydroxyl groups is 3. The van der Waals surface area contributed by atoms with Gasteiger partial charge in [0.05, 0.1) is 23.4 Å². The van der Waals surface area contributed by atoms with Crippen LogP contribution in [0.3, 0.4) is 0 Å². The second-order valence-corrected chi connectivity index (χ2v) is 9.74. The van der Waals surface area contributed by atoms with Gasteiger partial charge in [0.1, 0.15) is 17.1 Å². The van der Waals surface area contributed by atoms with Crippen molar-refractivity contribution in [2.45, 2.75) is 30.6 Å². The van der Waals surface area contributed by atoms with Crippen molar-refractivity contribution in [1.82, 2.24) is 4.90 Å². The van der Waals surface area contributed by atoms with Gasteiger partial charge in [-0.25, -0.2) is 0 Å². The summed E-state index contributed by atoms with van der Waals surface area (Å²) in [5.41, 5.74) is 3.04. The highest BCUT2D eigenvalue weighted by atomic mass is 16.3. The zero-order valence-electron chi connectivity index (χ0n) is 19.6. The van der Waals surface area contributed by atoms with Crippen LogP contribution in [-0.2, 0) is 9.59 Å². The molecule has 1 aromatic carbocycles. The number of nitrogens with two attached hydrogens (primary N) is 1. The lowest BCUT2D eigenvalue weighted by Gasteiger charge is -2.52. The summed E-state index contributed by atoms with van der Waals surface area (Å²) in [6.07, 6.45) is -0.368. The molecular weight excluding hydrogens is 442 g/mol. The molecule has 0 heterocycles. The normalized spacial score (nSPS) is 32.7. The summed E-state index contributed by atoms with van der Waals surface area (Å²) in [7, 11) is 6.55. The summed E-state index contributed by atoms with van der Waals surface area (Å²) in [5.74, 6) is -6.47. The third-order valence-electron chi connectivity index (χ3n) is 7.44. The van der Waals surface area contributed by atoms with E-state index in [-0.39, 0.29) is 16.9 Å². The number of anilines is 1. The van der Waals surface area contributed by atoms with Gasteiger partial charge in [-0.05, 0) is 37.7 Å². The average molecular weight is 472 g/mol. The molecule has 0 radical (unpaired) electrons. The lowest BCUT2D eigenvalue weighted by atomic mass is 9.56. The van der Waals surface area contributed by atoms with Crippen LogP contribution in [0.25, 0.3) is 0 Å². The maximum atomic E-state index is 13.6. The first-order chi connectivity index (χ1) is 15.8. The number of aromatic hydroxyl groups is 1. The molecule has 2 unspecified atom stereocenters. The van der Waals surface area contributed by atoms with E-state index in [0.29, 0.717) is 11.3 Å². The zero-order chi connectivity index (χ0) is 25.4. The van der Waals surface area contributed by atoms with E-state index in [1.54, 1.807) is 52.1 Å². The number of fused-ring (bicyclic) bond motifs is 3. The van der Waals surface area contributed by atoms with Gasteiger partial charge in [0.2, 0.25) is 5.78 Å². The van der Waals surface area contributed by atoms with Crippen LogP contribution < -0.4 is 10.6 Å². The number of aliphatic hydroxyl groups excluding tert-OH is 2. The molecule has 0 spiro atoms. The summed E-state index contributed by atoms with van der Waals surface area (Å²) in [5, 5.41) is 44.8. The third-order valence-corrected chi connectivity index (χ3v) is 7.44. The highest BCUT2D eigenvalue weighted by Crippen LogP contribution is 2.54. The van der Waals surface area contributed by atoms with Gasteiger partial charge in [-0.3, -0.25) is 19.3 Å². The third kappa shape index (κ3) is 2.95. The second kappa shape index (κ2) is 7.66. The highest BCUT2D eigenvalue weighted by Gasteiger charge is 2.63. The molecular formula is C24H29N3O7. The molecule has 182 valence electrons. The first-order valence-corrected chi connectivity index (χ1v) is 10.9. The molecule has 1 aromatic rings. The molecule has 10 heteroatoms. The number of carbonyl (C=O) groups excluding carboxylic acids is 3. The first kappa shape index (κ1) is 23.9. The van der Waals surface area contributed by atoms with Crippen LogP contribution in [0.5, 0.6) is 5.75 Å². The second-order valence-electron chi connectivity index (χ2n) is 9.74. The fourth-order valence-electron chi connectivity index (χ4n) is 5.87. The Kier molecular flexibility index (Phi) is 5.39. The molecule has 0 saturated carbocycles. The molecule has 0 bridgehead atoms. The van der Waals surface area contributed by atoms with Crippen LogP contribution in [0, 0.1) is 11.8 Å². The predicted octanol–water partition coefficient (Wildman–Crippen LogP) is -0.167. The number of primary amides is 1. The molecule has 34 heavy (non-hydrogen) atoms. The van der Waals surface area contributed by atoms with Crippen molar-refractivity contribution in [2.24, 2.45) is 17.6 Å². The highest BCUT2D eigenvalue weighted by molar-refractivity contribution is 6.24. The van der Waals surface area contributed by atoms with Crippen LogP contribution in [-0.4, -0.2) is 88.7 Å². The molecule has 3 aliphatic rings. The van der Waals surface area contributed by atoms with Gasteiger partial charge >= 0.3 is 0 Å². The Labute approximate surface area is 196 Å². The number of benzene rings is 1. The zero-order valence-corrected chi connectivity index (χ0v) is 19.6. The van der Waals surface area contributed by atoms with Crippen LogP contribution in [0.2, 0.25) is 0 Å². The van der Waals surface area contributed by atoms with E-state index in [9.17, 15) is 34.8 Å². The summed E-state index contributed by atoms with van der Waals surface area (Å²) in [6, 6.07) is 2.28. The Balaban J connectivity index is 1.99. The Hall–Kier alpha value is -3.21. The maximum absolute atomic E-state index is 13.6. The van der Waals surface area contributed by atoms with E-state index < -0.39 is 64.3 Å². The Bertz CT molecular complexity index is 1190. The fraction of sp³-hybridized carbons (Fsp3) is 0.458. The molecule has 6 atom stereocenters. The topological polar surface area (TPSA) is 165 Å². The number of nitrogens with zero attached hydrogens (tertiary/aromatic N) is 2. The molecule has 10 nitrogen and oxygen atoms in total. The van der Waals surface area contributed by atoms with Gasteiger partial charge in [0.25, 0.3) is 5.91 Å². The van der Waals surface area contributed by atoms with E-state index in [4.69, 9.17) is 5.73 Å². The number of ketones is 2. The van der Waals surface area contributed by atoms with Crippen LogP contribution in [0.4, 0.5) is 5.69 Å². The average Bonchev–Trinajstić information content (AvgIpc) is 2.72. The lowest BCUT2D eigenvalue weighted by molar-refractivity contribution is -0.152. The number of Topliss-reactive ketones (excluding diaryl/α,β-unsaturated/α-hetero) is 2. The minimum atomic E-state index is -2.47. The van der Waals surface area contributed by atoms with Crippen LogP contribution in [0.15, 0.2) is 35.1 Å². The van der Waals surface area contributed by atoms with Crippen molar-refractivity contribution in [2.75, 3.05) is 33.1 Å². The summed E-state index contributed by atoms with van der Waals surface area (Å²) < 4.78 is 0. The van der Waals surface area contributed by atoms with Gasteiger partial charge in [0, 0.05) is 31.5 Å². The number of rotatable bonds is 3. The largest absolute Gasteiger partial charge is 0.510 e. The number of phenolic OH excluding ortho intramolecular Hbond substituents is 1. The van der Waals surface area contributed by atoms with Crippen molar-refractivity contribution in [3.8, 4) is 5.75 Å².